The number of fused-ring (bicyclic) bond motifs is 9. The first-order chi connectivity index (χ1) is 17.3. The van der Waals surface area contributed by atoms with Crippen molar-refractivity contribution in [3.63, 3.8) is 0 Å². The van der Waals surface area contributed by atoms with Gasteiger partial charge in [-0.1, -0.05) is 0 Å². The molecule has 0 fully saturated rings. The van der Waals surface area contributed by atoms with Gasteiger partial charge < -0.3 is 38.3 Å². The lowest BCUT2D eigenvalue weighted by atomic mass is 9.88. The van der Waals surface area contributed by atoms with Crippen molar-refractivity contribution in [3.8, 4) is 34.5 Å². The fraction of sp³-hybridized carbons (Fsp3) is 0.296. The van der Waals surface area contributed by atoms with E-state index in [1.54, 1.807) is 30.3 Å². The number of rotatable bonds is 6. The topological polar surface area (TPSA) is 102 Å². The Balaban J connectivity index is 1.93. The molecule has 2 bridgehead atoms. The second kappa shape index (κ2) is 8.61. The summed E-state index contributed by atoms with van der Waals surface area (Å²) in [7, 11) is 8.99. The van der Waals surface area contributed by atoms with Crippen LogP contribution in [0.4, 0.5) is 0 Å². The molecule has 0 saturated heterocycles. The van der Waals surface area contributed by atoms with Crippen LogP contribution in [0.5, 0.6) is 34.5 Å². The fourth-order valence-electron chi connectivity index (χ4n) is 4.94. The Hall–Kier alpha value is -3.95. The largest absolute Gasteiger partial charge is 0.493 e. The smallest absolute Gasteiger partial charge is 0.222 e. The summed E-state index contributed by atoms with van der Waals surface area (Å²) in [5, 5.41) is 12.1. The Labute approximate surface area is 208 Å². The molecule has 0 spiro atoms. The van der Waals surface area contributed by atoms with E-state index in [9.17, 15) is 9.90 Å². The average molecular weight is 494 g/mol. The van der Waals surface area contributed by atoms with Crippen LogP contribution in [0.25, 0.3) is 0 Å². The van der Waals surface area contributed by atoms with Crippen molar-refractivity contribution in [2.24, 2.45) is 0 Å². The third-order valence-corrected chi connectivity index (χ3v) is 6.71. The molecule has 0 aliphatic carbocycles. The van der Waals surface area contributed by atoms with Crippen molar-refractivity contribution in [1.82, 2.24) is 0 Å². The highest BCUT2D eigenvalue weighted by Gasteiger charge is 2.51. The summed E-state index contributed by atoms with van der Waals surface area (Å²) in [6.07, 6.45) is -0.829. The molecule has 0 saturated carbocycles. The molecule has 5 rings (SSSR count). The molecule has 3 aromatic carbocycles. The second-order valence-electron chi connectivity index (χ2n) is 8.31. The van der Waals surface area contributed by atoms with Crippen LogP contribution in [0.15, 0.2) is 36.4 Å². The second-order valence-corrected chi connectivity index (χ2v) is 8.31. The van der Waals surface area contributed by atoms with Crippen molar-refractivity contribution in [2.45, 2.75) is 11.9 Å². The van der Waals surface area contributed by atoms with E-state index in [1.165, 1.54) is 48.7 Å². The minimum atomic E-state index is -2.01. The van der Waals surface area contributed by atoms with Gasteiger partial charge in [-0.25, -0.2) is 0 Å². The molecule has 0 amide bonds. The average Bonchev–Trinajstić information content (AvgIpc) is 3.22. The van der Waals surface area contributed by atoms with Crippen molar-refractivity contribution in [3.05, 3.63) is 69.8 Å². The van der Waals surface area contributed by atoms with Gasteiger partial charge in [0.15, 0.2) is 40.3 Å². The lowest BCUT2D eigenvalue weighted by Crippen LogP contribution is -2.31. The van der Waals surface area contributed by atoms with E-state index in [2.05, 4.69) is 0 Å². The molecule has 2 unspecified atom stereocenters. The Morgan fingerprint density at radius 2 is 1.03 bits per heavy atom. The Kier molecular flexibility index (Phi) is 5.69. The molecule has 2 atom stereocenters. The Bertz CT molecular complexity index is 1380. The van der Waals surface area contributed by atoms with Crippen molar-refractivity contribution < 1.29 is 43.1 Å². The van der Waals surface area contributed by atoms with Crippen molar-refractivity contribution in [1.29, 1.82) is 0 Å². The van der Waals surface area contributed by atoms with Crippen LogP contribution in [0.3, 0.4) is 0 Å². The molecule has 9 heteroatoms. The summed E-state index contributed by atoms with van der Waals surface area (Å²) >= 11 is 0. The number of carbonyl (C=O) groups excluding carboxylic acids is 1. The number of aliphatic hydroxyl groups is 1. The molecule has 36 heavy (non-hydrogen) atoms. The predicted octanol–water partition coefficient (Wildman–Crippen LogP) is 3.60. The number of hydrogen-bond acceptors (Lipinski definition) is 9. The molecule has 2 aliphatic heterocycles. The zero-order valence-corrected chi connectivity index (χ0v) is 20.8. The van der Waals surface area contributed by atoms with Gasteiger partial charge in [-0.15, -0.1) is 0 Å². The van der Waals surface area contributed by atoms with Gasteiger partial charge in [0.25, 0.3) is 0 Å². The first kappa shape index (κ1) is 23.8. The molecule has 2 aliphatic rings. The summed E-state index contributed by atoms with van der Waals surface area (Å²) in [6.45, 7) is 0. The SMILES string of the molecule is COc1cc2c(cc1OC)C1OC(O)(c3cc(OC)c(OC)cc3C2=O)c2cc(OC)c(OC)cc21. The summed E-state index contributed by atoms with van der Waals surface area (Å²) in [5.74, 6) is -0.0352. The number of ether oxygens (including phenoxy) is 7. The minimum absolute atomic E-state index is 0.185. The van der Waals surface area contributed by atoms with Crippen LogP contribution in [0, 0.1) is 0 Å². The third kappa shape index (κ3) is 3.20. The van der Waals surface area contributed by atoms with E-state index < -0.39 is 11.9 Å². The molecular weight excluding hydrogens is 468 g/mol. The standard InChI is InChI=1S/C27H26O9/c1-30-19-7-13-14(8-20(19)31-2)26-16-10-22(33-4)24(35-6)12-18(16)27(29,36-26)17-11-23(34-5)21(32-3)9-15(17)25(13)28/h7-12,26,29H,1-6H3. The van der Waals surface area contributed by atoms with E-state index >= 15 is 0 Å². The normalized spacial score (nSPS) is 19.3. The maximum absolute atomic E-state index is 14.1. The number of carbonyl (C=O) groups is 1. The summed E-state index contributed by atoms with van der Waals surface area (Å²) in [4.78, 5) is 14.1. The van der Waals surface area contributed by atoms with Gasteiger partial charge in [-0.2, -0.15) is 0 Å². The van der Waals surface area contributed by atoms with Gasteiger partial charge in [-0.05, 0) is 42.0 Å². The lowest BCUT2D eigenvalue weighted by Gasteiger charge is -2.31. The molecule has 1 N–H and O–H groups in total. The van der Waals surface area contributed by atoms with Gasteiger partial charge in [0.1, 0.15) is 6.10 Å². The van der Waals surface area contributed by atoms with E-state index in [0.29, 0.717) is 56.8 Å². The first-order valence-electron chi connectivity index (χ1n) is 11.1. The molecule has 0 radical (unpaired) electrons. The monoisotopic (exact) mass is 494 g/mol. The maximum atomic E-state index is 14.1. The van der Waals surface area contributed by atoms with Gasteiger partial charge in [0.05, 0.1) is 42.7 Å². The third-order valence-electron chi connectivity index (χ3n) is 6.71. The van der Waals surface area contributed by atoms with Crippen LogP contribution in [-0.4, -0.2) is 53.5 Å². The van der Waals surface area contributed by atoms with Crippen LogP contribution in [-0.2, 0) is 10.5 Å². The zero-order valence-electron chi connectivity index (χ0n) is 20.8. The number of ketones is 1. The van der Waals surface area contributed by atoms with Crippen LogP contribution >= 0.6 is 0 Å². The van der Waals surface area contributed by atoms with Crippen LogP contribution < -0.4 is 28.4 Å². The highest BCUT2D eigenvalue weighted by molar-refractivity contribution is 6.12. The molecule has 2 heterocycles. The molecule has 188 valence electrons. The van der Waals surface area contributed by atoms with E-state index in [4.69, 9.17) is 33.2 Å². The van der Waals surface area contributed by atoms with Crippen LogP contribution in [0.1, 0.15) is 44.3 Å². The zero-order chi connectivity index (χ0) is 25.8. The van der Waals surface area contributed by atoms with Gasteiger partial charge in [-0.3, -0.25) is 4.79 Å². The molecule has 3 aromatic rings. The minimum Gasteiger partial charge on any atom is -0.493 e. The van der Waals surface area contributed by atoms with Crippen molar-refractivity contribution >= 4 is 5.78 Å². The molecule has 9 nitrogen and oxygen atoms in total. The molecular formula is C27H26O9. The van der Waals surface area contributed by atoms with E-state index in [0.717, 1.165) is 0 Å². The predicted molar refractivity (Wildman–Crippen MR) is 128 cm³/mol. The number of hydrogen-bond donors (Lipinski definition) is 1. The fourth-order valence-corrected chi connectivity index (χ4v) is 4.94. The Morgan fingerprint density at radius 1 is 0.611 bits per heavy atom. The lowest BCUT2D eigenvalue weighted by molar-refractivity contribution is -0.184. The Morgan fingerprint density at radius 3 is 1.56 bits per heavy atom. The van der Waals surface area contributed by atoms with Gasteiger partial charge in [0, 0.05) is 27.8 Å². The molecule has 0 aromatic heterocycles. The van der Waals surface area contributed by atoms with Crippen LogP contribution in [0.2, 0.25) is 0 Å². The van der Waals surface area contributed by atoms with Gasteiger partial charge >= 0.3 is 0 Å². The van der Waals surface area contributed by atoms with Gasteiger partial charge in [0.2, 0.25) is 5.79 Å². The number of methoxy groups -OCH3 is 6. The maximum Gasteiger partial charge on any atom is 0.222 e. The summed E-state index contributed by atoms with van der Waals surface area (Å²) in [5.41, 5.74) is 2.25. The number of benzene rings is 3. The first-order valence-corrected chi connectivity index (χ1v) is 11.1. The van der Waals surface area contributed by atoms with E-state index in [1.807, 2.05) is 0 Å². The quantitative estimate of drug-likeness (QED) is 0.551. The highest BCUT2D eigenvalue weighted by Crippen LogP contribution is 2.56. The summed E-state index contributed by atoms with van der Waals surface area (Å²) in [6, 6.07) is 9.80. The van der Waals surface area contributed by atoms with Crippen molar-refractivity contribution in [2.75, 3.05) is 42.7 Å². The summed E-state index contributed by atoms with van der Waals surface area (Å²) < 4.78 is 39.4. The highest BCUT2D eigenvalue weighted by atomic mass is 16.6. The van der Waals surface area contributed by atoms with E-state index in [-0.39, 0.29) is 16.9 Å².